The Kier molecular flexibility index (Phi) is 2.84. The maximum Gasteiger partial charge on any atom is 0.315 e. The summed E-state index contributed by atoms with van der Waals surface area (Å²) in [7, 11) is 0. The van der Waals surface area contributed by atoms with E-state index in [1.807, 2.05) is 13.8 Å². The van der Waals surface area contributed by atoms with E-state index in [2.05, 4.69) is 9.97 Å². The van der Waals surface area contributed by atoms with Crippen molar-refractivity contribution in [3.8, 4) is 0 Å². The third-order valence-corrected chi connectivity index (χ3v) is 2.55. The molecule has 1 rings (SSSR count). The van der Waals surface area contributed by atoms with Crippen molar-refractivity contribution in [1.29, 1.82) is 0 Å². The molecule has 0 radical (unpaired) electrons. The summed E-state index contributed by atoms with van der Waals surface area (Å²) >= 11 is 0. The smallest absolute Gasteiger partial charge is 0.315 e. The Morgan fingerprint density at radius 3 is 2.64 bits per heavy atom. The maximum atomic E-state index is 11.1. The molecule has 0 aliphatic rings. The summed E-state index contributed by atoms with van der Waals surface area (Å²) in [4.78, 5) is 19.1. The Hall–Kier alpha value is -1.45. The number of aromatic nitrogens is 2. The number of hydrogen-bond donors (Lipinski definition) is 1. The van der Waals surface area contributed by atoms with Gasteiger partial charge >= 0.3 is 5.97 Å². The molecule has 0 fully saturated rings. The van der Waals surface area contributed by atoms with Gasteiger partial charge in [0.25, 0.3) is 0 Å². The zero-order chi connectivity index (χ0) is 10.8. The minimum absolute atomic E-state index is 0.513. The summed E-state index contributed by atoms with van der Waals surface area (Å²) < 4.78 is 0. The van der Waals surface area contributed by atoms with E-state index in [4.69, 9.17) is 5.11 Å². The van der Waals surface area contributed by atoms with Gasteiger partial charge in [-0.2, -0.15) is 0 Å². The lowest BCUT2D eigenvalue weighted by atomic mass is 9.83. The van der Waals surface area contributed by atoms with Crippen LogP contribution >= 0.6 is 0 Å². The molecule has 1 heterocycles. The standard InChI is InChI=1S/C10H14N2O2/c1-4-10(3,9(13)14)8-5-7(2)11-6-12-8/h5-6H,4H2,1-3H3,(H,13,14). The largest absolute Gasteiger partial charge is 0.481 e. The van der Waals surface area contributed by atoms with Crippen LogP contribution in [0.1, 0.15) is 31.7 Å². The van der Waals surface area contributed by atoms with Gasteiger partial charge in [0.1, 0.15) is 11.7 Å². The average Bonchev–Trinajstić information content (AvgIpc) is 2.16. The van der Waals surface area contributed by atoms with Gasteiger partial charge in [0.05, 0.1) is 5.69 Å². The number of carboxylic acid groups (broad SMARTS) is 1. The highest BCUT2D eigenvalue weighted by molar-refractivity contribution is 5.80. The Bertz CT molecular complexity index is 352. The molecule has 76 valence electrons. The van der Waals surface area contributed by atoms with Crippen LogP contribution in [0, 0.1) is 6.92 Å². The second-order valence-corrected chi connectivity index (χ2v) is 3.54. The molecule has 14 heavy (non-hydrogen) atoms. The summed E-state index contributed by atoms with van der Waals surface area (Å²) in [6.45, 7) is 5.34. The topological polar surface area (TPSA) is 63.1 Å². The monoisotopic (exact) mass is 194 g/mol. The van der Waals surface area contributed by atoms with Crippen LogP contribution in [-0.2, 0) is 10.2 Å². The molecular formula is C10H14N2O2. The van der Waals surface area contributed by atoms with Gasteiger partial charge in [0.15, 0.2) is 0 Å². The molecule has 1 aromatic rings. The van der Waals surface area contributed by atoms with Crippen LogP contribution in [0.15, 0.2) is 12.4 Å². The van der Waals surface area contributed by atoms with Crippen molar-refractivity contribution < 1.29 is 9.90 Å². The van der Waals surface area contributed by atoms with E-state index in [1.54, 1.807) is 13.0 Å². The SMILES string of the molecule is CCC(C)(C(=O)O)c1cc(C)ncn1. The fraction of sp³-hybridized carbons (Fsp3) is 0.500. The van der Waals surface area contributed by atoms with Crippen molar-refractivity contribution in [1.82, 2.24) is 9.97 Å². The summed E-state index contributed by atoms with van der Waals surface area (Å²) in [5.41, 5.74) is 0.448. The van der Waals surface area contributed by atoms with Gasteiger partial charge in [0, 0.05) is 5.69 Å². The summed E-state index contributed by atoms with van der Waals surface area (Å²) in [6.07, 6.45) is 1.92. The van der Waals surface area contributed by atoms with Crippen LogP contribution in [0.4, 0.5) is 0 Å². The fourth-order valence-electron chi connectivity index (χ4n) is 1.20. The van der Waals surface area contributed by atoms with Crippen molar-refractivity contribution in [2.75, 3.05) is 0 Å². The van der Waals surface area contributed by atoms with E-state index in [0.717, 1.165) is 5.69 Å². The molecule has 1 aromatic heterocycles. The third kappa shape index (κ3) is 1.73. The second kappa shape index (κ2) is 3.74. The first kappa shape index (κ1) is 10.6. The maximum absolute atomic E-state index is 11.1. The molecule has 1 atom stereocenters. The Balaban J connectivity index is 3.19. The molecule has 1 N–H and O–H groups in total. The van der Waals surface area contributed by atoms with Gasteiger partial charge in [-0.15, -0.1) is 0 Å². The van der Waals surface area contributed by atoms with Gasteiger partial charge in [-0.3, -0.25) is 4.79 Å². The first-order chi connectivity index (χ1) is 6.50. The molecule has 4 heteroatoms. The summed E-state index contributed by atoms with van der Waals surface area (Å²) in [6, 6.07) is 1.72. The predicted molar refractivity (Wildman–Crippen MR) is 52.0 cm³/mol. The van der Waals surface area contributed by atoms with Crippen molar-refractivity contribution in [2.24, 2.45) is 0 Å². The lowest BCUT2D eigenvalue weighted by Gasteiger charge is -2.22. The van der Waals surface area contributed by atoms with E-state index < -0.39 is 11.4 Å². The summed E-state index contributed by atoms with van der Waals surface area (Å²) in [5.74, 6) is -0.849. The van der Waals surface area contributed by atoms with Crippen molar-refractivity contribution in [3.63, 3.8) is 0 Å². The van der Waals surface area contributed by atoms with Gasteiger partial charge < -0.3 is 5.11 Å². The van der Waals surface area contributed by atoms with Crippen LogP contribution in [0.3, 0.4) is 0 Å². The molecule has 0 saturated heterocycles. The van der Waals surface area contributed by atoms with Crippen molar-refractivity contribution in [2.45, 2.75) is 32.6 Å². The van der Waals surface area contributed by atoms with Gasteiger partial charge in [-0.05, 0) is 26.3 Å². The minimum Gasteiger partial charge on any atom is -0.481 e. The molecule has 4 nitrogen and oxygen atoms in total. The molecule has 0 aliphatic carbocycles. The Morgan fingerprint density at radius 1 is 1.57 bits per heavy atom. The fourth-order valence-corrected chi connectivity index (χ4v) is 1.20. The lowest BCUT2D eigenvalue weighted by Crippen LogP contribution is -2.32. The van der Waals surface area contributed by atoms with Crippen LogP contribution in [-0.4, -0.2) is 21.0 Å². The minimum atomic E-state index is -0.909. The van der Waals surface area contributed by atoms with Gasteiger partial charge in [0.2, 0.25) is 0 Å². The number of aliphatic carboxylic acids is 1. The van der Waals surface area contributed by atoms with Gasteiger partial charge in [-0.1, -0.05) is 6.92 Å². The molecular weight excluding hydrogens is 180 g/mol. The lowest BCUT2D eigenvalue weighted by molar-refractivity contribution is -0.143. The van der Waals surface area contributed by atoms with Crippen molar-refractivity contribution in [3.05, 3.63) is 23.8 Å². The van der Waals surface area contributed by atoms with E-state index in [0.29, 0.717) is 12.1 Å². The van der Waals surface area contributed by atoms with Crippen molar-refractivity contribution >= 4 is 5.97 Å². The molecule has 0 bridgehead atoms. The Morgan fingerprint density at radius 2 is 2.21 bits per heavy atom. The molecule has 0 saturated carbocycles. The normalized spacial score (nSPS) is 14.8. The van der Waals surface area contributed by atoms with E-state index in [9.17, 15) is 4.79 Å². The first-order valence-electron chi connectivity index (χ1n) is 4.53. The number of carbonyl (C=O) groups is 1. The van der Waals surface area contributed by atoms with E-state index in [-0.39, 0.29) is 0 Å². The predicted octanol–water partition coefficient (Wildman–Crippen LogP) is 1.54. The van der Waals surface area contributed by atoms with Gasteiger partial charge in [-0.25, -0.2) is 9.97 Å². The molecule has 0 aromatic carbocycles. The number of carboxylic acids is 1. The molecule has 0 aliphatic heterocycles. The quantitative estimate of drug-likeness (QED) is 0.792. The molecule has 0 spiro atoms. The first-order valence-corrected chi connectivity index (χ1v) is 4.53. The second-order valence-electron chi connectivity index (χ2n) is 3.54. The number of rotatable bonds is 3. The van der Waals surface area contributed by atoms with Crippen LogP contribution < -0.4 is 0 Å². The highest BCUT2D eigenvalue weighted by atomic mass is 16.4. The van der Waals surface area contributed by atoms with E-state index in [1.165, 1.54) is 6.33 Å². The zero-order valence-corrected chi connectivity index (χ0v) is 8.61. The van der Waals surface area contributed by atoms with Crippen LogP contribution in [0.25, 0.3) is 0 Å². The number of aryl methyl sites for hydroxylation is 1. The number of nitrogens with zero attached hydrogens (tertiary/aromatic N) is 2. The van der Waals surface area contributed by atoms with Crippen LogP contribution in [0.2, 0.25) is 0 Å². The summed E-state index contributed by atoms with van der Waals surface area (Å²) in [5, 5.41) is 9.12. The molecule has 0 amide bonds. The highest BCUT2D eigenvalue weighted by Crippen LogP contribution is 2.25. The average molecular weight is 194 g/mol. The van der Waals surface area contributed by atoms with E-state index >= 15 is 0 Å². The third-order valence-electron chi connectivity index (χ3n) is 2.55. The van der Waals surface area contributed by atoms with Crippen LogP contribution in [0.5, 0.6) is 0 Å². The highest BCUT2D eigenvalue weighted by Gasteiger charge is 2.34. The Labute approximate surface area is 83.0 Å². The molecule has 1 unspecified atom stereocenters. The number of hydrogen-bond acceptors (Lipinski definition) is 3. The zero-order valence-electron chi connectivity index (χ0n) is 8.61.